The standard InChI is InChI=1S/C27H36FN5O3/c1-17-14-32(15-18(2)36-17)27(35)26-21-6-5-7-24(21)33(29-26)16-25(34)31-12-10-30(11-13-31)23-9-8-22(28)19(3)20(23)4/h8-9,17-18H,5-7,10-16H2,1-4H3/t17-,18+. The van der Waals surface area contributed by atoms with Crippen LogP contribution in [-0.2, 0) is 28.9 Å². The molecule has 9 heteroatoms. The Morgan fingerprint density at radius 1 is 1.00 bits per heavy atom. The molecule has 0 unspecified atom stereocenters. The van der Waals surface area contributed by atoms with Crippen LogP contribution >= 0.6 is 0 Å². The number of hydrogen-bond donors (Lipinski definition) is 0. The van der Waals surface area contributed by atoms with Gasteiger partial charge in [-0.15, -0.1) is 0 Å². The molecule has 194 valence electrons. The number of halogens is 1. The van der Waals surface area contributed by atoms with E-state index in [1.54, 1.807) is 11.6 Å². The summed E-state index contributed by atoms with van der Waals surface area (Å²) in [4.78, 5) is 32.5. The first-order valence-corrected chi connectivity index (χ1v) is 13.0. The van der Waals surface area contributed by atoms with Gasteiger partial charge in [0.2, 0.25) is 5.91 Å². The first kappa shape index (κ1) is 24.7. The van der Waals surface area contributed by atoms with Gasteiger partial charge in [-0.1, -0.05) is 0 Å². The molecule has 1 aliphatic carbocycles. The Bertz CT molecular complexity index is 1160. The lowest BCUT2D eigenvalue weighted by Crippen LogP contribution is -2.50. The number of aromatic nitrogens is 2. The van der Waals surface area contributed by atoms with E-state index in [4.69, 9.17) is 4.74 Å². The number of ether oxygens (including phenoxy) is 1. The molecule has 0 spiro atoms. The topological polar surface area (TPSA) is 70.9 Å². The lowest BCUT2D eigenvalue weighted by Gasteiger charge is -2.37. The maximum Gasteiger partial charge on any atom is 0.274 e. The minimum Gasteiger partial charge on any atom is -0.372 e. The van der Waals surface area contributed by atoms with Gasteiger partial charge in [-0.05, 0) is 70.2 Å². The van der Waals surface area contributed by atoms with Gasteiger partial charge in [0.25, 0.3) is 5.91 Å². The lowest BCUT2D eigenvalue weighted by atomic mass is 10.1. The molecule has 2 fully saturated rings. The van der Waals surface area contributed by atoms with Crippen molar-refractivity contribution >= 4 is 17.5 Å². The van der Waals surface area contributed by atoms with Gasteiger partial charge in [-0.2, -0.15) is 5.10 Å². The number of nitrogens with zero attached hydrogens (tertiary/aromatic N) is 5. The molecule has 0 saturated carbocycles. The molecule has 0 bridgehead atoms. The van der Waals surface area contributed by atoms with Crippen molar-refractivity contribution in [3.05, 3.63) is 46.0 Å². The van der Waals surface area contributed by atoms with Gasteiger partial charge in [-0.3, -0.25) is 14.3 Å². The maximum absolute atomic E-state index is 13.9. The van der Waals surface area contributed by atoms with Crippen molar-refractivity contribution in [2.75, 3.05) is 44.2 Å². The second-order valence-corrected chi connectivity index (χ2v) is 10.4. The minimum absolute atomic E-state index is 0.00399. The molecule has 1 aromatic heterocycles. The van der Waals surface area contributed by atoms with Gasteiger partial charge in [0.15, 0.2) is 5.69 Å². The summed E-state index contributed by atoms with van der Waals surface area (Å²) in [6.07, 6.45) is 2.64. The van der Waals surface area contributed by atoms with Crippen molar-refractivity contribution in [3.63, 3.8) is 0 Å². The molecule has 0 radical (unpaired) electrons. The van der Waals surface area contributed by atoms with Crippen LogP contribution in [-0.4, -0.2) is 82.9 Å². The summed E-state index contributed by atoms with van der Waals surface area (Å²) in [7, 11) is 0. The Kier molecular flexibility index (Phi) is 6.76. The van der Waals surface area contributed by atoms with E-state index in [1.807, 2.05) is 36.6 Å². The van der Waals surface area contributed by atoms with E-state index in [9.17, 15) is 14.0 Å². The third-order valence-corrected chi connectivity index (χ3v) is 7.87. The molecule has 5 rings (SSSR count). The first-order chi connectivity index (χ1) is 17.2. The van der Waals surface area contributed by atoms with Crippen molar-refractivity contribution < 1.29 is 18.7 Å². The SMILES string of the molecule is Cc1c(F)ccc(N2CCN(C(=O)Cn3nc(C(=O)N4C[C@@H](C)O[C@@H](C)C4)c4c3CCC4)CC2)c1C. The van der Waals surface area contributed by atoms with Crippen molar-refractivity contribution in [2.24, 2.45) is 0 Å². The molecule has 1 aromatic carbocycles. The van der Waals surface area contributed by atoms with Crippen LogP contribution in [0.5, 0.6) is 0 Å². The zero-order valence-corrected chi connectivity index (χ0v) is 21.7. The Balaban J connectivity index is 1.26. The summed E-state index contributed by atoms with van der Waals surface area (Å²) in [5.74, 6) is -0.223. The normalized spacial score (nSPS) is 22.2. The number of amides is 2. The number of carbonyl (C=O) groups excluding carboxylic acids is 2. The lowest BCUT2D eigenvalue weighted by molar-refractivity contribution is -0.132. The summed E-state index contributed by atoms with van der Waals surface area (Å²) >= 11 is 0. The van der Waals surface area contributed by atoms with Gasteiger partial charge in [0, 0.05) is 56.2 Å². The fraction of sp³-hybridized carbons (Fsp3) is 0.593. The molecule has 36 heavy (non-hydrogen) atoms. The van der Waals surface area contributed by atoms with Crippen LogP contribution in [0.3, 0.4) is 0 Å². The van der Waals surface area contributed by atoms with E-state index in [-0.39, 0.29) is 36.4 Å². The van der Waals surface area contributed by atoms with E-state index >= 15 is 0 Å². The summed E-state index contributed by atoms with van der Waals surface area (Å²) < 4.78 is 21.4. The Morgan fingerprint density at radius 2 is 1.69 bits per heavy atom. The number of fused-ring (bicyclic) bond motifs is 1. The average Bonchev–Trinajstić information content (AvgIpc) is 3.46. The molecule has 8 nitrogen and oxygen atoms in total. The third-order valence-electron chi connectivity index (χ3n) is 7.87. The van der Waals surface area contributed by atoms with Crippen molar-refractivity contribution in [1.82, 2.24) is 19.6 Å². The van der Waals surface area contributed by atoms with Crippen molar-refractivity contribution in [3.8, 4) is 0 Å². The summed E-state index contributed by atoms with van der Waals surface area (Å²) in [6, 6.07) is 3.35. The zero-order chi connectivity index (χ0) is 25.6. The van der Waals surface area contributed by atoms with Crippen LogP contribution in [0.1, 0.15) is 53.1 Å². The highest BCUT2D eigenvalue weighted by Gasteiger charge is 2.33. The maximum atomic E-state index is 13.9. The van der Waals surface area contributed by atoms with Gasteiger partial charge in [-0.25, -0.2) is 4.39 Å². The Morgan fingerprint density at radius 3 is 2.39 bits per heavy atom. The molecule has 2 saturated heterocycles. The van der Waals surface area contributed by atoms with Gasteiger partial charge in [0.05, 0.1) is 12.2 Å². The predicted molar refractivity (Wildman–Crippen MR) is 135 cm³/mol. The molecule has 2 atom stereocenters. The molecule has 2 amide bonds. The Hall–Kier alpha value is -2.94. The van der Waals surface area contributed by atoms with Gasteiger partial charge in [0.1, 0.15) is 12.4 Å². The highest BCUT2D eigenvalue weighted by Crippen LogP contribution is 2.28. The van der Waals surface area contributed by atoms with E-state index in [0.717, 1.165) is 41.8 Å². The molecule has 3 heterocycles. The van der Waals surface area contributed by atoms with E-state index in [2.05, 4.69) is 10.00 Å². The highest BCUT2D eigenvalue weighted by atomic mass is 19.1. The van der Waals surface area contributed by atoms with Crippen LogP contribution in [0.2, 0.25) is 0 Å². The van der Waals surface area contributed by atoms with E-state index < -0.39 is 0 Å². The molecular formula is C27H36FN5O3. The van der Waals surface area contributed by atoms with Gasteiger partial charge >= 0.3 is 0 Å². The van der Waals surface area contributed by atoms with E-state index in [0.29, 0.717) is 50.5 Å². The second-order valence-electron chi connectivity index (χ2n) is 10.4. The number of carbonyl (C=O) groups is 2. The van der Waals surface area contributed by atoms with Crippen molar-refractivity contribution in [2.45, 2.75) is 65.7 Å². The van der Waals surface area contributed by atoms with Crippen LogP contribution in [0.25, 0.3) is 0 Å². The molecule has 2 aliphatic heterocycles. The number of rotatable bonds is 4. The summed E-state index contributed by atoms with van der Waals surface area (Å²) in [6.45, 7) is 11.6. The highest BCUT2D eigenvalue weighted by molar-refractivity contribution is 5.94. The molecule has 3 aliphatic rings. The predicted octanol–water partition coefficient (Wildman–Crippen LogP) is 2.73. The average molecular weight is 498 g/mol. The van der Waals surface area contributed by atoms with Crippen LogP contribution in [0, 0.1) is 19.7 Å². The number of benzene rings is 1. The molecular weight excluding hydrogens is 461 g/mol. The van der Waals surface area contributed by atoms with Crippen LogP contribution in [0.15, 0.2) is 12.1 Å². The third kappa shape index (κ3) is 4.61. The zero-order valence-electron chi connectivity index (χ0n) is 21.7. The van der Waals surface area contributed by atoms with E-state index in [1.165, 1.54) is 6.07 Å². The molecule has 0 N–H and O–H groups in total. The Labute approximate surface area is 212 Å². The smallest absolute Gasteiger partial charge is 0.274 e. The number of anilines is 1. The first-order valence-electron chi connectivity index (χ1n) is 13.0. The summed E-state index contributed by atoms with van der Waals surface area (Å²) in [5.41, 5.74) is 5.18. The number of piperazine rings is 1. The van der Waals surface area contributed by atoms with Gasteiger partial charge < -0.3 is 19.4 Å². The number of morpholine rings is 1. The fourth-order valence-corrected chi connectivity index (χ4v) is 5.85. The van der Waals surface area contributed by atoms with Crippen LogP contribution in [0.4, 0.5) is 10.1 Å². The molecule has 2 aromatic rings. The summed E-state index contributed by atoms with van der Waals surface area (Å²) in [5, 5.41) is 4.68. The minimum atomic E-state index is -0.188. The second kappa shape index (κ2) is 9.84. The largest absolute Gasteiger partial charge is 0.372 e. The van der Waals surface area contributed by atoms with Crippen LogP contribution < -0.4 is 4.90 Å². The quantitative estimate of drug-likeness (QED) is 0.650. The van der Waals surface area contributed by atoms with Crippen molar-refractivity contribution in [1.29, 1.82) is 0 Å². The monoisotopic (exact) mass is 497 g/mol. The fourth-order valence-electron chi connectivity index (χ4n) is 5.85. The number of hydrogen-bond acceptors (Lipinski definition) is 5.